The molecule has 1 fully saturated rings. The van der Waals surface area contributed by atoms with Gasteiger partial charge in [-0.15, -0.1) is 0 Å². The van der Waals surface area contributed by atoms with E-state index in [2.05, 4.69) is 22.4 Å². The lowest BCUT2D eigenvalue weighted by Gasteiger charge is -2.12. The number of carbonyl (C=O) groups excluding carboxylic acids is 2. The number of imide groups is 1. The molecule has 5 nitrogen and oxygen atoms in total. The predicted octanol–water partition coefficient (Wildman–Crippen LogP) is 4.43. The molecule has 0 aromatic carbocycles. The van der Waals surface area contributed by atoms with Crippen molar-refractivity contribution in [2.75, 3.05) is 6.54 Å². The molecular formula is C19H23N3O2S. The number of unbranched alkanes of at least 4 members (excludes halogenated alkanes) is 3. The topological polar surface area (TPSA) is 54.7 Å². The lowest BCUT2D eigenvalue weighted by atomic mass is 10.1. The van der Waals surface area contributed by atoms with Gasteiger partial charge in [0.05, 0.1) is 4.91 Å². The second-order valence-corrected chi connectivity index (χ2v) is 7.16. The predicted molar refractivity (Wildman–Crippen MR) is 100 cm³/mol. The van der Waals surface area contributed by atoms with Crippen LogP contribution in [0.2, 0.25) is 0 Å². The standard InChI is InChI=1S/C19H23N3O2S/c1-2-3-10-16-18(23)22(19(24)25-16)13-6-4-5-8-15-9-7-11-17-20-12-14-21(15)17/h7,9-12,14H,2-6,8,13H2,1H3. The molecule has 0 aliphatic carbocycles. The Morgan fingerprint density at radius 3 is 2.92 bits per heavy atom. The smallest absolute Gasteiger partial charge is 0.293 e. The summed E-state index contributed by atoms with van der Waals surface area (Å²) in [7, 11) is 0. The van der Waals surface area contributed by atoms with Gasteiger partial charge in [-0.1, -0.05) is 31.9 Å². The van der Waals surface area contributed by atoms with Gasteiger partial charge in [0.1, 0.15) is 5.65 Å². The molecule has 132 valence electrons. The fourth-order valence-electron chi connectivity index (χ4n) is 2.97. The molecule has 2 amide bonds. The molecule has 0 N–H and O–H groups in total. The number of imidazole rings is 1. The first-order valence-corrected chi connectivity index (χ1v) is 9.67. The molecule has 0 atom stereocenters. The van der Waals surface area contributed by atoms with Crippen LogP contribution in [0.3, 0.4) is 0 Å². The first kappa shape index (κ1) is 17.7. The van der Waals surface area contributed by atoms with Crippen LogP contribution in [0.4, 0.5) is 4.79 Å². The Balaban J connectivity index is 1.45. The monoisotopic (exact) mass is 357 g/mol. The zero-order valence-electron chi connectivity index (χ0n) is 14.5. The van der Waals surface area contributed by atoms with Crippen LogP contribution in [0, 0.1) is 0 Å². The minimum absolute atomic E-state index is 0.119. The van der Waals surface area contributed by atoms with Crippen LogP contribution in [0.5, 0.6) is 0 Å². The Kier molecular flexibility index (Phi) is 5.91. The Morgan fingerprint density at radius 1 is 1.20 bits per heavy atom. The normalized spacial score (nSPS) is 16.5. The van der Waals surface area contributed by atoms with E-state index in [9.17, 15) is 9.59 Å². The molecule has 3 heterocycles. The lowest BCUT2D eigenvalue weighted by molar-refractivity contribution is -0.122. The molecule has 25 heavy (non-hydrogen) atoms. The van der Waals surface area contributed by atoms with Crippen molar-refractivity contribution in [2.45, 2.75) is 45.4 Å². The van der Waals surface area contributed by atoms with Crippen LogP contribution in [0.1, 0.15) is 44.7 Å². The number of hydrogen-bond donors (Lipinski definition) is 0. The van der Waals surface area contributed by atoms with E-state index in [0.717, 1.165) is 55.9 Å². The Bertz CT molecular complexity index is 797. The van der Waals surface area contributed by atoms with Crippen molar-refractivity contribution in [2.24, 2.45) is 0 Å². The van der Waals surface area contributed by atoms with Gasteiger partial charge in [-0.3, -0.25) is 14.5 Å². The van der Waals surface area contributed by atoms with Gasteiger partial charge in [0.2, 0.25) is 0 Å². The minimum atomic E-state index is -0.129. The molecular weight excluding hydrogens is 334 g/mol. The van der Waals surface area contributed by atoms with E-state index in [1.54, 1.807) is 0 Å². The summed E-state index contributed by atoms with van der Waals surface area (Å²) in [5.41, 5.74) is 2.21. The molecule has 1 aliphatic heterocycles. The minimum Gasteiger partial charge on any atom is -0.304 e. The Hall–Kier alpha value is -2.08. The first-order valence-electron chi connectivity index (χ1n) is 8.85. The largest absolute Gasteiger partial charge is 0.304 e. The number of pyridine rings is 1. The molecule has 0 bridgehead atoms. The van der Waals surface area contributed by atoms with Crippen molar-refractivity contribution in [1.82, 2.24) is 14.3 Å². The third-order valence-electron chi connectivity index (χ3n) is 4.32. The SMILES string of the molecule is CCCC=C1SC(=O)N(CCCCCc2cccc3nccn23)C1=O. The summed E-state index contributed by atoms with van der Waals surface area (Å²) in [5, 5.41) is -0.129. The molecule has 0 unspecified atom stereocenters. The summed E-state index contributed by atoms with van der Waals surface area (Å²) in [4.78, 5) is 30.5. The van der Waals surface area contributed by atoms with Gasteiger partial charge in [-0.2, -0.15) is 0 Å². The number of carbonyl (C=O) groups is 2. The van der Waals surface area contributed by atoms with Gasteiger partial charge in [-0.05, 0) is 49.6 Å². The van der Waals surface area contributed by atoms with Gasteiger partial charge in [0.25, 0.3) is 11.1 Å². The first-order chi connectivity index (χ1) is 12.2. The van der Waals surface area contributed by atoms with E-state index in [4.69, 9.17) is 0 Å². The van der Waals surface area contributed by atoms with Gasteiger partial charge in [-0.25, -0.2) is 4.98 Å². The van der Waals surface area contributed by atoms with Crippen LogP contribution >= 0.6 is 11.8 Å². The van der Waals surface area contributed by atoms with E-state index in [0.29, 0.717) is 11.4 Å². The Labute approximate surface area is 152 Å². The summed E-state index contributed by atoms with van der Waals surface area (Å²) >= 11 is 1.07. The van der Waals surface area contributed by atoms with Crippen molar-refractivity contribution >= 4 is 28.6 Å². The molecule has 2 aromatic heterocycles. The molecule has 0 radical (unpaired) electrons. The molecule has 1 saturated heterocycles. The number of allylic oxidation sites excluding steroid dienone is 1. The highest BCUT2D eigenvalue weighted by molar-refractivity contribution is 8.18. The number of hydrogen-bond acceptors (Lipinski definition) is 4. The van der Waals surface area contributed by atoms with Gasteiger partial charge >= 0.3 is 0 Å². The summed E-state index contributed by atoms with van der Waals surface area (Å²) in [5.74, 6) is -0.119. The maximum atomic E-state index is 12.2. The maximum absolute atomic E-state index is 12.2. The number of aromatic nitrogens is 2. The summed E-state index contributed by atoms with van der Waals surface area (Å²) < 4.78 is 2.11. The Morgan fingerprint density at radius 2 is 2.08 bits per heavy atom. The van der Waals surface area contributed by atoms with E-state index in [1.807, 2.05) is 30.6 Å². The maximum Gasteiger partial charge on any atom is 0.293 e. The fraction of sp³-hybridized carbons (Fsp3) is 0.421. The number of aryl methyl sites for hydroxylation is 1. The highest BCUT2D eigenvalue weighted by Crippen LogP contribution is 2.31. The molecule has 6 heteroatoms. The number of rotatable bonds is 8. The average molecular weight is 357 g/mol. The van der Waals surface area contributed by atoms with E-state index in [-0.39, 0.29) is 11.1 Å². The van der Waals surface area contributed by atoms with Crippen molar-refractivity contribution < 1.29 is 9.59 Å². The third kappa shape index (κ3) is 4.12. The molecule has 2 aromatic rings. The summed E-state index contributed by atoms with van der Waals surface area (Å²) in [6, 6.07) is 6.14. The highest BCUT2D eigenvalue weighted by Gasteiger charge is 2.34. The van der Waals surface area contributed by atoms with E-state index >= 15 is 0 Å². The van der Waals surface area contributed by atoms with Crippen LogP contribution in [-0.2, 0) is 11.2 Å². The summed E-state index contributed by atoms with van der Waals surface area (Å²) in [6.45, 7) is 2.58. The van der Waals surface area contributed by atoms with Crippen LogP contribution < -0.4 is 0 Å². The van der Waals surface area contributed by atoms with Crippen molar-refractivity contribution in [3.8, 4) is 0 Å². The van der Waals surface area contributed by atoms with Crippen LogP contribution in [0.25, 0.3) is 5.65 Å². The molecule has 0 spiro atoms. The second kappa shape index (κ2) is 8.34. The number of thioether (sulfide) groups is 1. The summed E-state index contributed by atoms with van der Waals surface area (Å²) in [6.07, 6.45) is 11.3. The van der Waals surface area contributed by atoms with E-state index < -0.39 is 0 Å². The second-order valence-electron chi connectivity index (χ2n) is 6.17. The lowest BCUT2D eigenvalue weighted by Crippen LogP contribution is -2.29. The molecule has 1 aliphatic rings. The quantitative estimate of drug-likeness (QED) is 0.518. The zero-order valence-corrected chi connectivity index (χ0v) is 15.3. The van der Waals surface area contributed by atoms with Crippen molar-refractivity contribution in [1.29, 1.82) is 0 Å². The number of amides is 2. The zero-order chi connectivity index (χ0) is 17.6. The number of fused-ring (bicyclic) bond motifs is 1. The molecule has 3 rings (SSSR count). The third-order valence-corrected chi connectivity index (χ3v) is 5.28. The fourth-order valence-corrected chi connectivity index (χ4v) is 3.84. The van der Waals surface area contributed by atoms with Gasteiger partial charge in [0.15, 0.2) is 0 Å². The van der Waals surface area contributed by atoms with Gasteiger partial charge in [0, 0.05) is 24.6 Å². The van der Waals surface area contributed by atoms with Crippen molar-refractivity contribution in [3.63, 3.8) is 0 Å². The highest BCUT2D eigenvalue weighted by atomic mass is 32.2. The van der Waals surface area contributed by atoms with Crippen LogP contribution in [-0.4, -0.2) is 32.0 Å². The molecule has 0 saturated carbocycles. The number of nitrogens with zero attached hydrogens (tertiary/aromatic N) is 3. The van der Waals surface area contributed by atoms with Crippen LogP contribution in [0.15, 0.2) is 41.6 Å². The average Bonchev–Trinajstić information content (AvgIpc) is 3.19. The van der Waals surface area contributed by atoms with Crippen molar-refractivity contribution in [3.05, 3.63) is 47.3 Å². The van der Waals surface area contributed by atoms with E-state index in [1.165, 1.54) is 10.6 Å². The van der Waals surface area contributed by atoms with Gasteiger partial charge < -0.3 is 4.40 Å².